The predicted octanol–water partition coefficient (Wildman–Crippen LogP) is 7.55. The van der Waals surface area contributed by atoms with Crippen LogP contribution in [-0.4, -0.2) is 40.5 Å². The van der Waals surface area contributed by atoms with Crippen molar-refractivity contribution >= 4 is 28.9 Å². The monoisotopic (exact) mass is 564 g/mol. The van der Waals surface area contributed by atoms with Gasteiger partial charge in [-0.25, -0.2) is 4.79 Å². The number of benzene rings is 3. The number of allylic oxidation sites excluding steroid dienone is 1. The number of hydrogen-bond acceptors (Lipinski definition) is 5. The van der Waals surface area contributed by atoms with Crippen molar-refractivity contribution in [3.63, 3.8) is 0 Å². The van der Waals surface area contributed by atoms with Crippen molar-refractivity contribution in [2.75, 3.05) is 13.1 Å². The summed E-state index contributed by atoms with van der Waals surface area (Å²) in [5.74, 6) is 1.76. The van der Waals surface area contributed by atoms with Gasteiger partial charge < -0.3 is 24.1 Å². The summed E-state index contributed by atoms with van der Waals surface area (Å²) in [4.78, 5) is 31.2. The van der Waals surface area contributed by atoms with E-state index >= 15 is 0 Å². The lowest BCUT2D eigenvalue weighted by Gasteiger charge is -2.33. The Morgan fingerprint density at radius 2 is 1.76 bits per heavy atom. The number of nitrogens with zero attached hydrogens (tertiary/aromatic N) is 1. The number of ketones is 1. The predicted molar refractivity (Wildman–Crippen MR) is 163 cm³/mol. The van der Waals surface area contributed by atoms with Crippen LogP contribution in [0.4, 0.5) is 4.79 Å². The van der Waals surface area contributed by atoms with Crippen molar-refractivity contribution in [2.24, 2.45) is 5.92 Å². The number of aromatic amines is 1. The van der Waals surface area contributed by atoms with E-state index in [9.17, 15) is 9.59 Å². The molecule has 0 radical (unpaired) electrons. The second-order valence-electron chi connectivity index (χ2n) is 12.0. The molecule has 6 rings (SSSR count). The Kier molecular flexibility index (Phi) is 7.50. The fourth-order valence-electron chi connectivity index (χ4n) is 5.64. The van der Waals surface area contributed by atoms with E-state index in [2.05, 4.69) is 4.98 Å². The summed E-state index contributed by atoms with van der Waals surface area (Å²) < 4.78 is 18.3. The van der Waals surface area contributed by atoms with Gasteiger partial charge in [0.1, 0.15) is 23.7 Å². The number of fused-ring (bicyclic) bond motifs is 2. The van der Waals surface area contributed by atoms with Crippen LogP contribution in [-0.2, 0) is 17.8 Å². The summed E-state index contributed by atoms with van der Waals surface area (Å²) in [7, 11) is 0. The smallest absolute Gasteiger partial charge is 0.410 e. The van der Waals surface area contributed by atoms with Crippen molar-refractivity contribution in [3.8, 4) is 11.5 Å². The molecule has 7 heteroatoms. The topological polar surface area (TPSA) is 80.9 Å². The maximum Gasteiger partial charge on any atom is 0.410 e. The minimum atomic E-state index is -0.523. The van der Waals surface area contributed by atoms with Crippen LogP contribution in [0, 0.1) is 5.92 Å². The van der Waals surface area contributed by atoms with E-state index in [0.29, 0.717) is 54.9 Å². The highest BCUT2D eigenvalue weighted by atomic mass is 16.6. The molecule has 42 heavy (non-hydrogen) atoms. The molecule has 1 fully saturated rings. The first kappa shape index (κ1) is 27.6. The van der Waals surface area contributed by atoms with Gasteiger partial charge in [-0.1, -0.05) is 48.5 Å². The summed E-state index contributed by atoms with van der Waals surface area (Å²) in [5.41, 5.74) is 3.89. The van der Waals surface area contributed by atoms with Crippen LogP contribution in [0.15, 0.2) is 78.7 Å². The third-order valence-corrected chi connectivity index (χ3v) is 7.80. The Hall–Kier alpha value is -4.52. The van der Waals surface area contributed by atoms with Gasteiger partial charge in [-0.2, -0.15) is 0 Å². The molecule has 2 aliphatic heterocycles. The molecule has 1 amide bonds. The van der Waals surface area contributed by atoms with Crippen LogP contribution in [0.3, 0.4) is 0 Å². The average molecular weight is 565 g/mol. The van der Waals surface area contributed by atoms with E-state index in [-0.39, 0.29) is 11.9 Å². The summed E-state index contributed by atoms with van der Waals surface area (Å²) in [6.07, 6.45) is 5.78. The van der Waals surface area contributed by atoms with Crippen molar-refractivity contribution in [2.45, 2.75) is 52.2 Å². The normalized spacial score (nSPS) is 16.5. The Bertz CT molecular complexity index is 1640. The molecule has 3 aromatic carbocycles. The molecule has 0 spiro atoms. The second kappa shape index (κ2) is 11.4. The van der Waals surface area contributed by atoms with Crippen molar-refractivity contribution in [1.29, 1.82) is 0 Å². The molecule has 0 unspecified atom stereocenters. The average Bonchev–Trinajstić information content (AvgIpc) is 3.53. The van der Waals surface area contributed by atoms with Gasteiger partial charge in [0.15, 0.2) is 5.76 Å². The number of hydrogen-bond donors (Lipinski definition) is 1. The van der Waals surface area contributed by atoms with Crippen molar-refractivity contribution in [3.05, 3.63) is 101 Å². The molecule has 216 valence electrons. The molecular weight excluding hydrogens is 528 g/mol. The first-order chi connectivity index (χ1) is 20.2. The van der Waals surface area contributed by atoms with Gasteiger partial charge in [-0.15, -0.1) is 0 Å². The second-order valence-corrected chi connectivity index (χ2v) is 12.0. The molecule has 1 aromatic heterocycles. The maximum absolute atomic E-state index is 13.5. The van der Waals surface area contributed by atoms with E-state index in [1.807, 2.05) is 99.8 Å². The fraction of sp³-hybridized carbons (Fsp3) is 0.314. The highest BCUT2D eigenvalue weighted by molar-refractivity contribution is 6.15. The van der Waals surface area contributed by atoms with E-state index < -0.39 is 5.60 Å². The number of likely N-dealkylation sites (tertiary alicyclic amines) is 1. The molecule has 0 aliphatic carbocycles. The molecular formula is C35H36N2O5. The van der Waals surface area contributed by atoms with E-state index in [1.165, 1.54) is 0 Å². The number of carbonyl (C=O) groups excluding carboxylic acids is 2. The Balaban J connectivity index is 1.26. The number of Topliss-reactive ketones (excluding diaryl/α,β-unsaturated/α-hetero) is 1. The first-order valence-electron chi connectivity index (χ1n) is 14.6. The zero-order valence-corrected chi connectivity index (χ0v) is 24.3. The van der Waals surface area contributed by atoms with Crippen LogP contribution in [0.2, 0.25) is 0 Å². The van der Waals surface area contributed by atoms with Gasteiger partial charge >= 0.3 is 6.09 Å². The van der Waals surface area contributed by atoms with Gasteiger partial charge in [-0.05, 0) is 75.8 Å². The van der Waals surface area contributed by atoms with Gasteiger partial charge in [0, 0.05) is 41.3 Å². The minimum Gasteiger partial charge on any atom is -0.488 e. The molecule has 1 saturated heterocycles. The summed E-state index contributed by atoms with van der Waals surface area (Å²) in [6.45, 7) is 7.31. The largest absolute Gasteiger partial charge is 0.488 e. The molecule has 4 aromatic rings. The number of para-hydroxylation sites is 1. The zero-order chi connectivity index (χ0) is 29.3. The number of H-pyrrole nitrogens is 1. The van der Waals surface area contributed by atoms with Crippen molar-refractivity contribution in [1.82, 2.24) is 9.88 Å². The SMILES string of the molecule is CC(C)(C)OC(=O)N1CCC(Cc2c(OCc3ccccc3)ccc3c2OC(=Cc2c[nH]c4ccccc24)C3=O)CC1. The molecule has 2 aliphatic rings. The minimum absolute atomic E-state index is 0.133. The molecule has 1 N–H and O–H groups in total. The maximum atomic E-state index is 13.5. The fourth-order valence-corrected chi connectivity index (χ4v) is 5.64. The number of nitrogens with one attached hydrogen (secondary N) is 1. The molecule has 0 saturated carbocycles. The Morgan fingerprint density at radius 1 is 1.02 bits per heavy atom. The first-order valence-corrected chi connectivity index (χ1v) is 14.6. The number of aromatic nitrogens is 1. The molecule has 7 nitrogen and oxygen atoms in total. The lowest BCUT2D eigenvalue weighted by molar-refractivity contribution is 0.0183. The Morgan fingerprint density at radius 3 is 2.52 bits per heavy atom. The number of carbonyl (C=O) groups is 2. The van der Waals surface area contributed by atoms with Crippen LogP contribution >= 0.6 is 0 Å². The van der Waals surface area contributed by atoms with Crippen LogP contribution < -0.4 is 9.47 Å². The van der Waals surface area contributed by atoms with Gasteiger partial charge in [0.05, 0.1) is 5.56 Å². The molecule has 0 atom stereocenters. The van der Waals surface area contributed by atoms with Crippen LogP contribution in [0.5, 0.6) is 11.5 Å². The summed E-state index contributed by atoms with van der Waals surface area (Å²) >= 11 is 0. The lowest BCUT2D eigenvalue weighted by atomic mass is 9.88. The third kappa shape index (κ3) is 5.91. The van der Waals surface area contributed by atoms with Crippen LogP contribution in [0.1, 0.15) is 60.7 Å². The summed E-state index contributed by atoms with van der Waals surface area (Å²) in [5, 5.41) is 1.03. The van der Waals surface area contributed by atoms with E-state index in [0.717, 1.165) is 40.4 Å². The van der Waals surface area contributed by atoms with Gasteiger partial charge in [0.25, 0.3) is 0 Å². The van der Waals surface area contributed by atoms with Crippen molar-refractivity contribution < 1.29 is 23.8 Å². The lowest BCUT2D eigenvalue weighted by Crippen LogP contribution is -2.42. The van der Waals surface area contributed by atoms with Crippen LogP contribution in [0.25, 0.3) is 17.0 Å². The standard InChI is InChI=1S/C35H36N2O5/c1-35(2,3)42-34(39)37-17-15-23(16-18-37)19-28-30(40-22-24-9-5-4-6-10-24)14-13-27-32(38)31(41-33(27)28)20-25-21-36-29-12-8-7-11-26(25)29/h4-14,20-21,23,36H,15-19,22H2,1-3H3. The highest BCUT2D eigenvalue weighted by Crippen LogP contribution is 2.42. The quantitative estimate of drug-likeness (QED) is 0.245. The number of amides is 1. The van der Waals surface area contributed by atoms with Gasteiger partial charge in [-0.3, -0.25) is 4.79 Å². The van der Waals surface area contributed by atoms with E-state index in [1.54, 1.807) is 4.90 Å². The summed E-state index contributed by atoms with van der Waals surface area (Å²) in [6, 6.07) is 21.7. The number of piperidine rings is 1. The molecule has 0 bridgehead atoms. The third-order valence-electron chi connectivity index (χ3n) is 7.80. The zero-order valence-electron chi connectivity index (χ0n) is 24.3. The Labute approximate surface area is 246 Å². The van der Waals surface area contributed by atoms with E-state index in [4.69, 9.17) is 14.2 Å². The highest BCUT2D eigenvalue weighted by Gasteiger charge is 2.34. The number of ether oxygens (including phenoxy) is 3. The molecule has 3 heterocycles. The van der Waals surface area contributed by atoms with Gasteiger partial charge in [0.2, 0.25) is 5.78 Å². The number of rotatable bonds is 6.